The van der Waals surface area contributed by atoms with Crippen molar-refractivity contribution < 1.29 is 17.9 Å². The summed E-state index contributed by atoms with van der Waals surface area (Å²) in [5, 5.41) is 0. The summed E-state index contributed by atoms with van der Waals surface area (Å²) < 4.78 is 33.7. The topological polar surface area (TPSA) is 75.7 Å². The van der Waals surface area contributed by atoms with Crippen LogP contribution in [0.4, 0.5) is 5.69 Å². The SMILES string of the molecule is Cc1ccc(C)c(NS(=O)(=O)c2ccc(OCC(=O)N3CCc4ccccc4C3)cc2)c1. The normalized spacial score (nSPS) is 13.4. The molecule has 4 rings (SSSR count). The molecule has 0 fully saturated rings. The molecule has 3 aromatic carbocycles. The molecule has 0 aliphatic carbocycles. The van der Waals surface area contributed by atoms with Crippen LogP contribution in [0, 0.1) is 13.8 Å². The number of fused-ring (bicyclic) bond motifs is 1. The Kier molecular flexibility index (Phi) is 6.19. The molecule has 1 aliphatic heterocycles. The number of aryl methyl sites for hydroxylation is 2. The van der Waals surface area contributed by atoms with Gasteiger partial charge in [0.1, 0.15) is 5.75 Å². The Morgan fingerprint density at radius 1 is 1.00 bits per heavy atom. The summed E-state index contributed by atoms with van der Waals surface area (Å²) >= 11 is 0. The fourth-order valence-electron chi connectivity index (χ4n) is 3.71. The Hall–Kier alpha value is -3.32. The van der Waals surface area contributed by atoms with E-state index in [4.69, 9.17) is 4.74 Å². The van der Waals surface area contributed by atoms with Crippen molar-refractivity contribution in [2.45, 2.75) is 31.7 Å². The summed E-state index contributed by atoms with van der Waals surface area (Å²) in [6.07, 6.45) is 0.835. The summed E-state index contributed by atoms with van der Waals surface area (Å²) in [4.78, 5) is 14.5. The molecular formula is C25H26N2O4S. The van der Waals surface area contributed by atoms with Crippen LogP contribution < -0.4 is 9.46 Å². The smallest absolute Gasteiger partial charge is 0.261 e. The molecule has 0 atom stereocenters. The van der Waals surface area contributed by atoms with Crippen molar-refractivity contribution in [2.75, 3.05) is 17.9 Å². The summed E-state index contributed by atoms with van der Waals surface area (Å²) in [5.41, 5.74) is 4.82. The number of nitrogens with one attached hydrogen (secondary N) is 1. The molecule has 6 nitrogen and oxygen atoms in total. The zero-order chi connectivity index (χ0) is 22.7. The van der Waals surface area contributed by atoms with Crippen LogP contribution in [-0.4, -0.2) is 32.4 Å². The van der Waals surface area contributed by atoms with Crippen LogP contribution in [0.5, 0.6) is 5.75 Å². The van der Waals surface area contributed by atoms with Crippen molar-refractivity contribution in [3.8, 4) is 5.75 Å². The first-order valence-corrected chi connectivity index (χ1v) is 12.0. The average Bonchev–Trinajstić information content (AvgIpc) is 2.79. The van der Waals surface area contributed by atoms with E-state index in [9.17, 15) is 13.2 Å². The van der Waals surface area contributed by atoms with Crippen LogP contribution in [0.25, 0.3) is 0 Å². The number of hydrogen-bond acceptors (Lipinski definition) is 4. The molecule has 3 aromatic rings. The number of ether oxygens (including phenoxy) is 1. The maximum Gasteiger partial charge on any atom is 0.261 e. The minimum atomic E-state index is -3.73. The van der Waals surface area contributed by atoms with Crippen LogP contribution in [-0.2, 0) is 27.8 Å². The summed E-state index contributed by atoms with van der Waals surface area (Å²) in [6, 6.07) is 19.8. The van der Waals surface area contributed by atoms with E-state index in [1.807, 2.05) is 44.2 Å². The molecule has 0 unspecified atom stereocenters. The number of nitrogens with zero attached hydrogens (tertiary/aromatic N) is 1. The van der Waals surface area contributed by atoms with E-state index in [0.29, 0.717) is 24.5 Å². The first-order valence-electron chi connectivity index (χ1n) is 10.5. The van der Waals surface area contributed by atoms with Crippen LogP contribution in [0.2, 0.25) is 0 Å². The zero-order valence-corrected chi connectivity index (χ0v) is 19.0. The number of hydrogen-bond donors (Lipinski definition) is 1. The minimum Gasteiger partial charge on any atom is -0.484 e. The second-order valence-electron chi connectivity index (χ2n) is 8.02. The Morgan fingerprint density at radius 3 is 2.47 bits per heavy atom. The van der Waals surface area contributed by atoms with Crippen LogP contribution >= 0.6 is 0 Å². The van der Waals surface area contributed by atoms with Crippen LogP contribution in [0.1, 0.15) is 22.3 Å². The molecule has 1 amide bonds. The lowest BCUT2D eigenvalue weighted by Gasteiger charge is -2.28. The van der Waals surface area contributed by atoms with Gasteiger partial charge in [0.05, 0.1) is 10.6 Å². The molecule has 0 saturated carbocycles. The number of carbonyl (C=O) groups is 1. The monoisotopic (exact) mass is 450 g/mol. The second-order valence-corrected chi connectivity index (χ2v) is 9.70. The Labute approximate surface area is 188 Å². The minimum absolute atomic E-state index is 0.0883. The van der Waals surface area contributed by atoms with Crippen molar-refractivity contribution in [3.63, 3.8) is 0 Å². The van der Waals surface area contributed by atoms with Crippen LogP contribution in [0.15, 0.2) is 71.6 Å². The van der Waals surface area contributed by atoms with Gasteiger partial charge in [0.15, 0.2) is 6.61 Å². The van der Waals surface area contributed by atoms with Crippen molar-refractivity contribution in [1.29, 1.82) is 0 Å². The summed E-state index contributed by atoms with van der Waals surface area (Å²) in [7, 11) is -3.73. The van der Waals surface area contributed by atoms with E-state index in [1.165, 1.54) is 17.7 Å². The van der Waals surface area contributed by atoms with Crippen molar-refractivity contribution in [3.05, 3.63) is 89.0 Å². The predicted octanol–water partition coefficient (Wildman–Crippen LogP) is 4.07. The Bertz CT molecular complexity index is 1240. The highest BCUT2D eigenvalue weighted by molar-refractivity contribution is 7.92. The standard InChI is InChI=1S/C25H26N2O4S/c1-18-7-8-19(2)24(15-18)26-32(29,30)23-11-9-22(10-12-23)31-17-25(28)27-14-13-20-5-3-4-6-21(20)16-27/h3-12,15,26H,13-14,16-17H2,1-2H3. The van der Waals surface area contributed by atoms with Gasteiger partial charge in [0.25, 0.3) is 15.9 Å². The number of rotatable bonds is 6. The third-order valence-corrected chi connectivity index (χ3v) is 7.00. The van der Waals surface area contributed by atoms with Crippen molar-refractivity contribution in [1.82, 2.24) is 4.90 Å². The summed E-state index contributed by atoms with van der Waals surface area (Å²) in [5.74, 6) is 0.356. The van der Waals surface area contributed by atoms with Crippen molar-refractivity contribution >= 4 is 21.6 Å². The molecule has 0 saturated heterocycles. The summed E-state index contributed by atoms with van der Waals surface area (Å²) in [6.45, 7) is 4.93. The number of carbonyl (C=O) groups excluding carboxylic acids is 1. The first-order chi connectivity index (χ1) is 15.3. The molecule has 1 N–H and O–H groups in total. The van der Waals surface area contributed by atoms with Gasteiger partial charge in [-0.05, 0) is 72.9 Å². The molecule has 0 bridgehead atoms. The molecule has 7 heteroatoms. The van der Waals surface area contributed by atoms with E-state index in [2.05, 4.69) is 10.8 Å². The average molecular weight is 451 g/mol. The maximum absolute atomic E-state index is 12.7. The van der Waals surface area contributed by atoms with Crippen LogP contribution in [0.3, 0.4) is 0 Å². The lowest BCUT2D eigenvalue weighted by Crippen LogP contribution is -2.38. The van der Waals surface area contributed by atoms with Crippen molar-refractivity contribution in [2.24, 2.45) is 0 Å². The number of sulfonamides is 1. The van der Waals surface area contributed by atoms with Gasteiger partial charge in [0, 0.05) is 13.1 Å². The fourth-order valence-corrected chi connectivity index (χ4v) is 4.83. The van der Waals surface area contributed by atoms with E-state index in [-0.39, 0.29) is 17.4 Å². The third-order valence-electron chi connectivity index (χ3n) is 5.62. The number of anilines is 1. The van der Waals surface area contributed by atoms with E-state index in [1.54, 1.807) is 23.1 Å². The number of benzene rings is 3. The highest BCUT2D eigenvalue weighted by Gasteiger charge is 2.21. The zero-order valence-electron chi connectivity index (χ0n) is 18.2. The molecule has 166 valence electrons. The molecule has 1 heterocycles. The van der Waals surface area contributed by atoms with E-state index >= 15 is 0 Å². The van der Waals surface area contributed by atoms with Gasteiger partial charge >= 0.3 is 0 Å². The van der Waals surface area contributed by atoms with Gasteiger partial charge < -0.3 is 9.64 Å². The Balaban J connectivity index is 1.36. The second kappa shape index (κ2) is 9.04. The molecule has 32 heavy (non-hydrogen) atoms. The molecule has 0 radical (unpaired) electrons. The highest BCUT2D eigenvalue weighted by Crippen LogP contribution is 2.23. The van der Waals surface area contributed by atoms with Gasteiger partial charge in [-0.1, -0.05) is 36.4 Å². The third kappa shape index (κ3) is 4.94. The van der Waals surface area contributed by atoms with E-state index < -0.39 is 10.0 Å². The largest absolute Gasteiger partial charge is 0.484 e. The molecule has 0 spiro atoms. The quantitative estimate of drug-likeness (QED) is 0.614. The molecule has 0 aromatic heterocycles. The lowest BCUT2D eigenvalue weighted by molar-refractivity contribution is -0.134. The fraction of sp³-hybridized carbons (Fsp3) is 0.240. The van der Waals surface area contributed by atoms with Gasteiger partial charge in [-0.15, -0.1) is 0 Å². The van der Waals surface area contributed by atoms with E-state index in [0.717, 1.165) is 23.1 Å². The van der Waals surface area contributed by atoms with Gasteiger partial charge in [-0.2, -0.15) is 0 Å². The van der Waals surface area contributed by atoms with Gasteiger partial charge in [-0.3, -0.25) is 9.52 Å². The maximum atomic E-state index is 12.7. The molecular weight excluding hydrogens is 424 g/mol. The molecule has 1 aliphatic rings. The van der Waals surface area contributed by atoms with Gasteiger partial charge in [0.2, 0.25) is 0 Å². The van der Waals surface area contributed by atoms with Gasteiger partial charge in [-0.25, -0.2) is 8.42 Å². The predicted molar refractivity (Wildman–Crippen MR) is 124 cm³/mol. The highest BCUT2D eigenvalue weighted by atomic mass is 32.2. The number of amides is 1. The Morgan fingerprint density at radius 2 is 1.72 bits per heavy atom. The first kappa shape index (κ1) is 21.9. The lowest BCUT2D eigenvalue weighted by atomic mass is 10.00.